The number of esters is 1. The Morgan fingerprint density at radius 3 is 2.92 bits per heavy atom. The number of nitrogens with zero attached hydrogens (tertiary/aromatic N) is 1. The Bertz CT molecular complexity index is 370. The van der Waals surface area contributed by atoms with Gasteiger partial charge >= 0.3 is 5.97 Å². The summed E-state index contributed by atoms with van der Waals surface area (Å²) in [4.78, 5) is 27.8. The highest BCUT2D eigenvalue weighted by atomic mass is 16.5. The maximum atomic E-state index is 10.9. The maximum Gasteiger partial charge on any atom is 0.303 e. The summed E-state index contributed by atoms with van der Waals surface area (Å²) in [7, 11) is 0. The van der Waals surface area contributed by atoms with Gasteiger partial charge in [0.05, 0.1) is 5.69 Å². The van der Waals surface area contributed by atoms with E-state index in [-0.39, 0.29) is 18.1 Å². The molecular formula is C8H10N2O3. The second-order valence-electron chi connectivity index (χ2n) is 2.60. The SMILES string of the molecule is CC(=O)OCc1cc(=O)[nH]c(C)n1. The second-order valence-corrected chi connectivity index (χ2v) is 2.60. The molecule has 5 nitrogen and oxygen atoms in total. The van der Waals surface area contributed by atoms with Crippen molar-refractivity contribution in [3.05, 3.63) is 27.9 Å². The molecule has 0 saturated heterocycles. The zero-order chi connectivity index (χ0) is 9.84. The second kappa shape index (κ2) is 3.84. The number of rotatable bonds is 2. The lowest BCUT2D eigenvalue weighted by Crippen LogP contribution is -2.12. The van der Waals surface area contributed by atoms with Crippen LogP contribution in [0.15, 0.2) is 10.9 Å². The van der Waals surface area contributed by atoms with Crippen molar-refractivity contribution in [1.29, 1.82) is 0 Å². The van der Waals surface area contributed by atoms with Crippen molar-refractivity contribution in [2.75, 3.05) is 0 Å². The Balaban J connectivity index is 2.77. The van der Waals surface area contributed by atoms with Gasteiger partial charge in [-0.1, -0.05) is 0 Å². The lowest BCUT2D eigenvalue weighted by Gasteiger charge is -2.00. The van der Waals surface area contributed by atoms with Crippen molar-refractivity contribution in [2.24, 2.45) is 0 Å². The molecule has 0 bridgehead atoms. The third-order valence-corrected chi connectivity index (χ3v) is 1.34. The average Bonchev–Trinajstić information content (AvgIpc) is 1.99. The van der Waals surface area contributed by atoms with Crippen LogP contribution in [0.25, 0.3) is 0 Å². The highest BCUT2D eigenvalue weighted by molar-refractivity contribution is 5.65. The molecule has 0 amide bonds. The first-order valence-electron chi connectivity index (χ1n) is 3.78. The quantitative estimate of drug-likeness (QED) is 0.660. The van der Waals surface area contributed by atoms with E-state index in [0.29, 0.717) is 11.5 Å². The molecule has 0 atom stereocenters. The third kappa shape index (κ3) is 3.06. The minimum Gasteiger partial charge on any atom is -0.459 e. The number of hydrogen-bond donors (Lipinski definition) is 1. The Morgan fingerprint density at radius 1 is 1.69 bits per heavy atom. The van der Waals surface area contributed by atoms with Gasteiger partial charge < -0.3 is 9.72 Å². The molecule has 1 heterocycles. The van der Waals surface area contributed by atoms with Crippen LogP contribution in [0.5, 0.6) is 0 Å². The highest BCUT2D eigenvalue weighted by Gasteiger charge is 1.99. The molecule has 0 aliphatic heterocycles. The van der Waals surface area contributed by atoms with Crippen LogP contribution in [0.1, 0.15) is 18.4 Å². The molecule has 0 fully saturated rings. The van der Waals surface area contributed by atoms with E-state index >= 15 is 0 Å². The number of carbonyl (C=O) groups excluding carboxylic acids is 1. The number of H-pyrrole nitrogens is 1. The molecule has 1 N–H and O–H groups in total. The van der Waals surface area contributed by atoms with E-state index in [1.807, 2.05) is 0 Å². The molecule has 0 unspecified atom stereocenters. The van der Waals surface area contributed by atoms with Gasteiger partial charge in [-0.15, -0.1) is 0 Å². The van der Waals surface area contributed by atoms with Crippen LogP contribution in [0.4, 0.5) is 0 Å². The monoisotopic (exact) mass is 182 g/mol. The van der Waals surface area contributed by atoms with E-state index in [4.69, 9.17) is 0 Å². The number of aryl methyl sites for hydroxylation is 1. The molecule has 0 aliphatic carbocycles. The van der Waals surface area contributed by atoms with Gasteiger partial charge in [-0.2, -0.15) is 0 Å². The van der Waals surface area contributed by atoms with Crippen molar-refractivity contribution < 1.29 is 9.53 Å². The Labute approximate surface area is 74.8 Å². The van der Waals surface area contributed by atoms with Crippen molar-refractivity contribution >= 4 is 5.97 Å². The normalized spacial score (nSPS) is 9.69. The molecule has 13 heavy (non-hydrogen) atoms. The van der Waals surface area contributed by atoms with E-state index in [1.165, 1.54) is 13.0 Å². The van der Waals surface area contributed by atoms with Gasteiger partial charge in [-0.05, 0) is 6.92 Å². The van der Waals surface area contributed by atoms with Gasteiger partial charge in [0.2, 0.25) is 0 Å². The molecule has 0 aliphatic rings. The fourth-order valence-corrected chi connectivity index (χ4v) is 0.891. The maximum absolute atomic E-state index is 10.9. The molecule has 0 aromatic carbocycles. The molecule has 1 aromatic heterocycles. The van der Waals surface area contributed by atoms with Gasteiger partial charge in [-0.25, -0.2) is 4.98 Å². The summed E-state index contributed by atoms with van der Waals surface area (Å²) in [5, 5.41) is 0. The molecule has 0 radical (unpaired) electrons. The van der Waals surface area contributed by atoms with Crippen LogP contribution in [0, 0.1) is 6.92 Å². The van der Waals surface area contributed by atoms with E-state index in [2.05, 4.69) is 14.7 Å². The van der Waals surface area contributed by atoms with Crippen molar-refractivity contribution in [3.8, 4) is 0 Å². The number of carbonyl (C=O) groups is 1. The fraction of sp³-hybridized carbons (Fsp3) is 0.375. The predicted octanol–water partition coefficient (Wildman–Crippen LogP) is 0.141. The van der Waals surface area contributed by atoms with Gasteiger partial charge in [0.25, 0.3) is 5.56 Å². The smallest absolute Gasteiger partial charge is 0.303 e. The van der Waals surface area contributed by atoms with Gasteiger partial charge in [0, 0.05) is 13.0 Å². The summed E-state index contributed by atoms with van der Waals surface area (Å²) in [6.07, 6.45) is 0. The number of aromatic nitrogens is 2. The number of hydrogen-bond acceptors (Lipinski definition) is 4. The minimum absolute atomic E-state index is 0.0418. The summed E-state index contributed by atoms with van der Waals surface area (Å²) in [6, 6.07) is 1.30. The van der Waals surface area contributed by atoms with Crippen LogP contribution in [-0.2, 0) is 16.1 Å². The zero-order valence-corrected chi connectivity index (χ0v) is 7.46. The lowest BCUT2D eigenvalue weighted by atomic mass is 10.4. The van der Waals surface area contributed by atoms with Gasteiger partial charge in [-0.3, -0.25) is 9.59 Å². The molecule has 0 spiro atoms. The first kappa shape index (κ1) is 9.44. The predicted molar refractivity (Wildman–Crippen MR) is 45.1 cm³/mol. The lowest BCUT2D eigenvalue weighted by molar-refractivity contribution is -0.142. The van der Waals surface area contributed by atoms with E-state index < -0.39 is 0 Å². The van der Waals surface area contributed by atoms with Crippen molar-refractivity contribution in [2.45, 2.75) is 20.5 Å². The Hall–Kier alpha value is -1.65. The molecule has 1 rings (SSSR count). The summed E-state index contributed by atoms with van der Waals surface area (Å²) < 4.78 is 4.68. The van der Waals surface area contributed by atoms with E-state index in [1.54, 1.807) is 6.92 Å². The zero-order valence-electron chi connectivity index (χ0n) is 7.46. The molecule has 5 heteroatoms. The van der Waals surface area contributed by atoms with Crippen molar-refractivity contribution in [3.63, 3.8) is 0 Å². The Morgan fingerprint density at radius 2 is 2.38 bits per heavy atom. The van der Waals surface area contributed by atoms with Gasteiger partial charge in [0.1, 0.15) is 12.4 Å². The van der Waals surface area contributed by atoms with E-state index in [0.717, 1.165) is 0 Å². The van der Waals surface area contributed by atoms with Gasteiger partial charge in [0.15, 0.2) is 0 Å². The van der Waals surface area contributed by atoms with Crippen LogP contribution >= 0.6 is 0 Å². The fourth-order valence-electron chi connectivity index (χ4n) is 0.891. The van der Waals surface area contributed by atoms with Crippen LogP contribution in [-0.4, -0.2) is 15.9 Å². The molecule has 1 aromatic rings. The van der Waals surface area contributed by atoms with Crippen molar-refractivity contribution in [1.82, 2.24) is 9.97 Å². The molecular weight excluding hydrogens is 172 g/mol. The minimum atomic E-state index is -0.389. The summed E-state index contributed by atoms with van der Waals surface area (Å²) in [5.41, 5.74) is 0.214. The highest BCUT2D eigenvalue weighted by Crippen LogP contribution is 1.94. The van der Waals surface area contributed by atoms with Crippen LogP contribution in [0.3, 0.4) is 0 Å². The van der Waals surface area contributed by atoms with E-state index in [9.17, 15) is 9.59 Å². The molecule has 0 saturated carbocycles. The Kier molecular flexibility index (Phi) is 2.79. The number of nitrogens with one attached hydrogen (secondary N) is 1. The first-order valence-corrected chi connectivity index (χ1v) is 3.78. The molecule has 70 valence electrons. The standard InChI is InChI=1S/C8H10N2O3/c1-5-9-7(3-8(12)10-5)4-13-6(2)11/h3H,4H2,1-2H3,(H,9,10,12). The van der Waals surface area contributed by atoms with Crippen LogP contribution < -0.4 is 5.56 Å². The summed E-state index contributed by atoms with van der Waals surface area (Å²) >= 11 is 0. The number of aromatic amines is 1. The third-order valence-electron chi connectivity index (χ3n) is 1.34. The number of ether oxygens (including phenoxy) is 1. The average molecular weight is 182 g/mol. The first-order chi connectivity index (χ1) is 6.08. The topological polar surface area (TPSA) is 72.1 Å². The summed E-state index contributed by atoms with van der Waals surface area (Å²) in [5.74, 6) is 0.120. The van der Waals surface area contributed by atoms with Crippen LogP contribution in [0.2, 0.25) is 0 Å². The summed E-state index contributed by atoms with van der Waals surface area (Å²) in [6.45, 7) is 3.01. The largest absolute Gasteiger partial charge is 0.459 e.